The van der Waals surface area contributed by atoms with E-state index in [2.05, 4.69) is 42.8 Å². The van der Waals surface area contributed by atoms with E-state index in [9.17, 15) is 19.2 Å². The van der Waals surface area contributed by atoms with Gasteiger partial charge in [-0.25, -0.2) is 9.59 Å². The van der Waals surface area contributed by atoms with Crippen molar-refractivity contribution in [2.24, 2.45) is 29.4 Å². The Labute approximate surface area is 302 Å². The van der Waals surface area contributed by atoms with E-state index in [1.54, 1.807) is 4.90 Å². The summed E-state index contributed by atoms with van der Waals surface area (Å²) in [5, 5.41) is 12.1. The average molecular weight is 713 g/mol. The first kappa shape index (κ1) is 45.4. The lowest BCUT2D eigenvalue weighted by atomic mass is 9.92. The molecule has 4 N–H and O–H groups in total. The summed E-state index contributed by atoms with van der Waals surface area (Å²) in [6.07, 6.45) is 6.90. The van der Waals surface area contributed by atoms with Gasteiger partial charge in [0.15, 0.2) is 0 Å². The molecule has 0 radical (unpaired) electrons. The number of aliphatic carboxylic acids is 1. The summed E-state index contributed by atoms with van der Waals surface area (Å²) in [7, 11) is 0. The molecular weight excluding hydrogens is 640 g/mol. The summed E-state index contributed by atoms with van der Waals surface area (Å²) in [5.74, 6) is 0.710. The number of nitrogens with one attached hydrogen (secondary N) is 1. The first-order valence-electron chi connectivity index (χ1n) is 18.9. The number of nitrogens with two attached hydrogens (primary N) is 1. The average Bonchev–Trinajstić information content (AvgIpc) is 3.11. The predicted octanol–water partition coefficient (Wildman–Crippen LogP) is 4.73. The van der Waals surface area contributed by atoms with Gasteiger partial charge in [-0.2, -0.15) is 0 Å². The third-order valence-electron chi connectivity index (χ3n) is 9.95. The fourth-order valence-corrected chi connectivity index (χ4v) is 6.74. The summed E-state index contributed by atoms with van der Waals surface area (Å²) in [5.41, 5.74) is 5.17. The lowest BCUT2D eigenvalue weighted by molar-refractivity contribution is -0.143. The quantitative estimate of drug-likeness (QED) is 0.305. The second-order valence-electron chi connectivity index (χ2n) is 14.6. The van der Waals surface area contributed by atoms with Crippen LogP contribution in [0.4, 0.5) is 9.59 Å². The Morgan fingerprint density at radius 3 is 1.32 bits per heavy atom. The van der Waals surface area contributed by atoms with E-state index in [-0.39, 0.29) is 37.4 Å². The van der Waals surface area contributed by atoms with Crippen LogP contribution in [-0.4, -0.2) is 140 Å². The Kier molecular flexibility index (Phi) is 22.3. The van der Waals surface area contributed by atoms with Crippen molar-refractivity contribution in [2.45, 2.75) is 112 Å². The number of carboxylic acids is 1. The van der Waals surface area contributed by atoms with Crippen LogP contribution in [0.2, 0.25) is 0 Å². The molecule has 0 aromatic rings. The maximum absolute atomic E-state index is 12.2. The molecule has 292 valence electrons. The Hall–Kier alpha value is -2.64. The van der Waals surface area contributed by atoms with Gasteiger partial charge in [0.2, 0.25) is 5.91 Å². The van der Waals surface area contributed by atoms with Crippen molar-refractivity contribution < 1.29 is 33.8 Å². The minimum atomic E-state index is -0.665. The second kappa shape index (κ2) is 24.5. The highest BCUT2D eigenvalue weighted by molar-refractivity contribution is 5.78. The van der Waals surface area contributed by atoms with Gasteiger partial charge < -0.3 is 45.2 Å². The molecule has 4 saturated heterocycles. The fourth-order valence-electron chi connectivity index (χ4n) is 6.74. The van der Waals surface area contributed by atoms with Crippen LogP contribution in [0.15, 0.2) is 0 Å². The Morgan fingerprint density at radius 2 is 1.02 bits per heavy atom. The van der Waals surface area contributed by atoms with Gasteiger partial charge in [0.05, 0.1) is 19.1 Å². The number of rotatable bonds is 9. The number of carboxylic acid groups (broad SMARTS) is 1. The number of amides is 3. The van der Waals surface area contributed by atoms with Crippen molar-refractivity contribution in [3.8, 4) is 0 Å². The molecule has 0 bridgehead atoms. The topological polar surface area (TPSA) is 158 Å². The molecule has 13 heteroatoms. The van der Waals surface area contributed by atoms with Crippen LogP contribution >= 0.6 is 0 Å². The summed E-state index contributed by atoms with van der Waals surface area (Å²) < 4.78 is 10.1. The molecule has 0 aromatic heterocycles. The van der Waals surface area contributed by atoms with Gasteiger partial charge in [-0.3, -0.25) is 9.59 Å². The molecule has 0 unspecified atom stereocenters. The van der Waals surface area contributed by atoms with Crippen LogP contribution in [0, 0.1) is 23.7 Å². The van der Waals surface area contributed by atoms with E-state index < -0.39 is 5.97 Å². The lowest BCUT2D eigenvalue weighted by Gasteiger charge is -2.41. The standard InChI is InChI=1S/C18H33N3O3.C14H24N2O4.C4H11N.CH4/c1-4-24-18(23)21-11-7-16(8-12-21)20-9-5-15(6-10-20)17(22)19-13-14(2)3;1-2-20-14(19)16-9-5-12(6-10-16)15-7-3-11(4-8-15)13(17)18;1-4(2)3-5;/h14-16H,4-13H2,1-3H3,(H,19,22);11-12H,2-10H2,1H3,(H,17,18);4H,3,5H2,1-2H3;1H4. The number of carbonyl (C=O) groups excluding carboxylic acids is 3. The molecule has 0 saturated carbocycles. The summed E-state index contributed by atoms with van der Waals surface area (Å²) in [6, 6.07) is 1.02. The third-order valence-corrected chi connectivity index (χ3v) is 9.95. The molecule has 13 nitrogen and oxygen atoms in total. The van der Waals surface area contributed by atoms with Crippen molar-refractivity contribution in [3.63, 3.8) is 0 Å². The van der Waals surface area contributed by atoms with Crippen LogP contribution < -0.4 is 11.1 Å². The highest BCUT2D eigenvalue weighted by Crippen LogP contribution is 2.26. The monoisotopic (exact) mass is 713 g/mol. The van der Waals surface area contributed by atoms with Gasteiger partial charge >= 0.3 is 18.2 Å². The highest BCUT2D eigenvalue weighted by Gasteiger charge is 2.33. The van der Waals surface area contributed by atoms with E-state index in [1.165, 1.54) is 0 Å². The largest absolute Gasteiger partial charge is 0.481 e. The third kappa shape index (κ3) is 16.1. The molecule has 4 fully saturated rings. The van der Waals surface area contributed by atoms with E-state index in [1.807, 2.05) is 18.7 Å². The molecule has 4 heterocycles. The first-order chi connectivity index (χ1) is 23.4. The predicted molar refractivity (Wildman–Crippen MR) is 198 cm³/mol. The second-order valence-corrected chi connectivity index (χ2v) is 14.6. The number of nitrogens with zero attached hydrogens (tertiary/aromatic N) is 4. The molecule has 4 aliphatic rings. The Balaban J connectivity index is 0.000000438. The van der Waals surface area contributed by atoms with Crippen LogP contribution in [-0.2, 0) is 19.1 Å². The zero-order chi connectivity index (χ0) is 36.3. The fraction of sp³-hybridized carbons (Fsp3) is 0.892. The summed E-state index contributed by atoms with van der Waals surface area (Å²) >= 11 is 0. The van der Waals surface area contributed by atoms with Crippen LogP contribution in [0.5, 0.6) is 0 Å². The zero-order valence-electron chi connectivity index (χ0n) is 31.4. The minimum Gasteiger partial charge on any atom is -0.481 e. The normalized spacial score (nSPS) is 20.2. The number of piperidine rings is 4. The molecule has 0 atom stereocenters. The van der Waals surface area contributed by atoms with Crippen molar-refractivity contribution in [2.75, 3.05) is 78.7 Å². The SMILES string of the molecule is C.CC(C)CN.CCOC(=O)N1CCC(N2CCC(C(=O)NCC(C)C)CC2)CC1.CCOC(=O)N1CCC(N2CCC(C(=O)O)CC2)CC1. The Morgan fingerprint density at radius 1 is 0.660 bits per heavy atom. The van der Waals surface area contributed by atoms with Crippen LogP contribution in [0.25, 0.3) is 0 Å². The molecule has 0 aromatic carbocycles. The van der Waals surface area contributed by atoms with E-state index in [4.69, 9.17) is 20.3 Å². The molecular formula is C37H72N6O7. The summed E-state index contributed by atoms with van der Waals surface area (Å²) in [6.45, 7) is 21.2. The van der Waals surface area contributed by atoms with Crippen molar-refractivity contribution in [3.05, 3.63) is 0 Å². The van der Waals surface area contributed by atoms with Gasteiger partial charge in [-0.05, 0) is 110 Å². The summed E-state index contributed by atoms with van der Waals surface area (Å²) in [4.78, 5) is 55.0. The number of ether oxygens (including phenoxy) is 2. The van der Waals surface area contributed by atoms with E-state index in [0.29, 0.717) is 37.1 Å². The maximum Gasteiger partial charge on any atom is 0.409 e. The molecule has 0 aliphatic carbocycles. The number of hydrogen-bond acceptors (Lipinski definition) is 9. The zero-order valence-corrected chi connectivity index (χ0v) is 31.4. The molecule has 50 heavy (non-hydrogen) atoms. The van der Waals surface area contributed by atoms with Crippen molar-refractivity contribution >= 4 is 24.1 Å². The van der Waals surface area contributed by atoms with Gasteiger partial charge in [-0.15, -0.1) is 0 Å². The molecule has 4 aliphatic heterocycles. The van der Waals surface area contributed by atoms with Crippen molar-refractivity contribution in [1.82, 2.24) is 24.9 Å². The van der Waals surface area contributed by atoms with E-state index >= 15 is 0 Å². The molecule has 3 amide bonds. The van der Waals surface area contributed by atoms with Gasteiger partial charge in [0, 0.05) is 50.7 Å². The maximum atomic E-state index is 12.2. The number of likely N-dealkylation sites (tertiary alicyclic amines) is 4. The number of carbonyl (C=O) groups is 4. The molecule has 4 rings (SSSR count). The smallest absolute Gasteiger partial charge is 0.409 e. The van der Waals surface area contributed by atoms with Gasteiger partial charge in [0.25, 0.3) is 0 Å². The highest BCUT2D eigenvalue weighted by atomic mass is 16.6. The van der Waals surface area contributed by atoms with Crippen molar-refractivity contribution in [1.29, 1.82) is 0 Å². The minimum absolute atomic E-state index is 0. The lowest BCUT2D eigenvalue weighted by Crippen LogP contribution is -2.50. The number of hydrogen-bond donors (Lipinski definition) is 3. The molecule has 0 spiro atoms. The Bertz CT molecular complexity index is 967. The van der Waals surface area contributed by atoms with E-state index in [0.717, 1.165) is 117 Å². The van der Waals surface area contributed by atoms with Gasteiger partial charge in [0.1, 0.15) is 0 Å². The first-order valence-corrected chi connectivity index (χ1v) is 18.9. The van der Waals surface area contributed by atoms with Crippen LogP contribution in [0.1, 0.15) is 100 Å². The van der Waals surface area contributed by atoms with Crippen LogP contribution in [0.3, 0.4) is 0 Å². The van der Waals surface area contributed by atoms with Gasteiger partial charge in [-0.1, -0.05) is 35.1 Å².